The number of hydrogen-bond acceptors (Lipinski definition) is 2. The first kappa shape index (κ1) is 9.07. The Hall–Kier alpha value is -1.02. The number of aliphatic hydroxyl groups is 1. The molecule has 1 N–H and O–H groups in total. The van der Waals surface area contributed by atoms with Crippen molar-refractivity contribution >= 4 is 0 Å². The molecule has 1 heterocycles. The van der Waals surface area contributed by atoms with Crippen molar-refractivity contribution in [2.75, 3.05) is 0 Å². The fourth-order valence-electron chi connectivity index (χ4n) is 1.00. The predicted octanol–water partition coefficient (Wildman–Crippen LogP) is 2.44. The maximum Gasteiger partial charge on any atom is 0.133 e. The van der Waals surface area contributed by atoms with Crippen LogP contribution >= 0.6 is 0 Å². The van der Waals surface area contributed by atoms with Crippen LogP contribution in [0.15, 0.2) is 29.2 Å². The molecule has 0 aliphatic carbocycles. The Morgan fingerprint density at radius 1 is 1.58 bits per heavy atom. The van der Waals surface area contributed by atoms with Gasteiger partial charge in [0, 0.05) is 5.92 Å². The van der Waals surface area contributed by atoms with Crippen LogP contribution in [0, 0.1) is 12.8 Å². The van der Waals surface area contributed by atoms with E-state index in [1.807, 2.05) is 19.9 Å². The molecule has 66 valence electrons. The van der Waals surface area contributed by atoms with Crippen molar-refractivity contribution in [3.63, 3.8) is 0 Å². The van der Waals surface area contributed by atoms with Gasteiger partial charge in [0.1, 0.15) is 17.6 Å². The summed E-state index contributed by atoms with van der Waals surface area (Å²) < 4.78 is 5.27. The molecular weight excluding hydrogens is 152 g/mol. The Morgan fingerprint density at radius 2 is 2.25 bits per heavy atom. The normalized spacial score (nSPS) is 15.6. The van der Waals surface area contributed by atoms with E-state index in [-0.39, 0.29) is 5.92 Å². The van der Waals surface area contributed by atoms with Crippen LogP contribution < -0.4 is 0 Å². The summed E-state index contributed by atoms with van der Waals surface area (Å²) in [5.74, 6) is 1.45. The van der Waals surface area contributed by atoms with Crippen LogP contribution in [0.1, 0.15) is 24.5 Å². The lowest BCUT2D eigenvalue weighted by atomic mass is 10.0. The van der Waals surface area contributed by atoms with Gasteiger partial charge in [-0.15, -0.1) is 6.58 Å². The summed E-state index contributed by atoms with van der Waals surface area (Å²) in [5.41, 5.74) is 0. The molecule has 0 aromatic carbocycles. The topological polar surface area (TPSA) is 33.4 Å². The molecule has 0 aliphatic heterocycles. The van der Waals surface area contributed by atoms with E-state index in [0.29, 0.717) is 5.76 Å². The van der Waals surface area contributed by atoms with Crippen molar-refractivity contribution < 1.29 is 9.52 Å². The summed E-state index contributed by atoms with van der Waals surface area (Å²) in [7, 11) is 0. The minimum Gasteiger partial charge on any atom is -0.464 e. The molecule has 0 bridgehead atoms. The average Bonchev–Trinajstić information content (AvgIpc) is 2.49. The molecule has 2 nitrogen and oxygen atoms in total. The number of furan rings is 1. The van der Waals surface area contributed by atoms with Crippen molar-refractivity contribution in [1.29, 1.82) is 0 Å². The average molecular weight is 166 g/mol. The second-order valence-electron chi connectivity index (χ2n) is 2.99. The highest BCUT2D eigenvalue weighted by Crippen LogP contribution is 2.23. The molecule has 0 radical (unpaired) electrons. The molecular formula is C10H14O2. The Morgan fingerprint density at radius 3 is 2.67 bits per heavy atom. The maximum atomic E-state index is 9.64. The lowest BCUT2D eigenvalue weighted by molar-refractivity contribution is 0.113. The fraction of sp³-hybridized carbons (Fsp3) is 0.400. The van der Waals surface area contributed by atoms with Gasteiger partial charge < -0.3 is 9.52 Å². The van der Waals surface area contributed by atoms with Gasteiger partial charge >= 0.3 is 0 Å². The molecule has 0 fully saturated rings. The molecule has 0 saturated heterocycles. The van der Waals surface area contributed by atoms with E-state index in [1.165, 1.54) is 0 Å². The quantitative estimate of drug-likeness (QED) is 0.699. The molecule has 0 saturated carbocycles. The monoisotopic (exact) mass is 166 g/mol. The van der Waals surface area contributed by atoms with Gasteiger partial charge in [-0.05, 0) is 19.1 Å². The molecule has 0 aliphatic rings. The minimum atomic E-state index is -0.573. The molecule has 12 heavy (non-hydrogen) atoms. The second-order valence-corrected chi connectivity index (χ2v) is 2.99. The van der Waals surface area contributed by atoms with Crippen molar-refractivity contribution in [3.8, 4) is 0 Å². The van der Waals surface area contributed by atoms with Crippen molar-refractivity contribution in [3.05, 3.63) is 36.3 Å². The highest BCUT2D eigenvalue weighted by molar-refractivity contribution is 5.09. The zero-order valence-corrected chi connectivity index (χ0v) is 7.45. The number of aryl methyl sites for hydroxylation is 1. The van der Waals surface area contributed by atoms with Crippen LogP contribution in [-0.4, -0.2) is 5.11 Å². The van der Waals surface area contributed by atoms with E-state index in [4.69, 9.17) is 4.42 Å². The predicted molar refractivity (Wildman–Crippen MR) is 47.8 cm³/mol. The minimum absolute atomic E-state index is 0.0237. The third-order valence-electron chi connectivity index (χ3n) is 1.92. The maximum absolute atomic E-state index is 9.64. The van der Waals surface area contributed by atoms with Crippen LogP contribution in [0.25, 0.3) is 0 Å². The first-order valence-electron chi connectivity index (χ1n) is 4.02. The Labute approximate surface area is 72.5 Å². The molecule has 1 aromatic rings. The van der Waals surface area contributed by atoms with Gasteiger partial charge in [-0.25, -0.2) is 0 Å². The van der Waals surface area contributed by atoms with Gasteiger partial charge in [-0.2, -0.15) is 0 Å². The summed E-state index contributed by atoms with van der Waals surface area (Å²) in [5, 5.41) is 9.64. The first-order chi connectivity index (χ1) is 5.65. The third kappa shape index (κ3) is 1.77. The van der Waals surface area contributed by atoms with Crippen LogP contribution in [0.5, 0.6) is 0 Å². The molecule has 0 amide bonds. The van der Waals surface area contributed by atoms with E-state index in [0.717, 1.165) is 5.76 Å². The van der Waals surface area contributed by atoms with Crippen LogP contribution in [0.3, 0.4) is 0 Å². The van der Waals surface area contributed by atoms with Gasteiger partial charge in [0.2, 0.25) is 0 Å². The van der Waals surface area contributed by atoms with E-state index in [9.17, 15) is 5.11 Å². The summed E-state index contributed by atoms with van der Waals surface area (Å²) in [6, 6.07) is 3.63. The largest absolute Gasteiger partial charge is 0.464 e. The van der Waals surface area contributed by atoms with Gasteiger partial charge in [0.15, 0.2) is 0 Å². The molecule has 0 spiro atoms. The molecule has 1 rings (SSSR count). The van der Waals surface area contributed by atoms with Crippen molar-refractivity contribution in [2.45, 2.75) is 20.0 Å². The summed E-state index contributed by atoms with van der Waals surface area (Å²) >= 11 is 0. The number of aliphatic hydroxyl groups excluding tert-OH is 1. The molecule has 1 aromatic heterocycles. The highest BCUT2D eigenvalue weighted by atomic mass is 16.4. The lowest BCUT2D eigenvalue weighted by Gasteiger charge is -2.11. The lowest BCUT2D eigenvalue weighted by Crippen LogP contribution is -2.04. The van der Waals surface area contributed by atoms with Gasteiger partial charge in [-0.1, -0.05) is 13.0 Å². The Bertz CT molecular complexity index is 263. The van der Waals surface area contributed by atoms with Crippen LogP contribution in [-0.2, 0) is 0 Å². The molecule has 2 atom stereocenters. The van der Waals surface area contributed by atoms with E-state index in [2.05, 4.69) is 6.58 Å². The standard InChI is InChI=1S/C10H14O2/c1-4-7(2)10(11)9-6-5-8(3)12-9/h4-7,10-11H,1H2,2-3H3/t7?,10-/m0/s1. The van der Waals surface area contributed by atoms with Crippen LogP contribution in [0.4, 0.5) is 0 Å². The number of hydrogen-bond donors (Lipinski definition) is 1. The van der Waals surface area contributed by atoms with Gasteiger partial charge in [-0.3, -0.25) is 0 Å². The SMILES string of the molecule is C=CC(C)[C@H](O)c1ccc(C)o1. The number of rotatable bonds is 3. The van der Waals surface area contributed by atoms with Gasteiger partial charge in [0.05, 0.1) is 0 Å². The van der Waals surface area contributed by atoms with Crippen LogP contribution in [0.2, 0.25) is 0 Å². The molecule has 1 unspecified atom stereocenters. The van der Waals surface area contributed by atoms with Crippen molar-refractivity contribution in [1.82, 2.24) is 0 Å². The smallest absolute Gasteiger partial charge is 0.133 e. The zero-order chi connectivity index (χ0) is 9.14. The first-order valence-corrected chi connectivity index (χ1v) is 4.02. The Balaban J connectivity index is 2.77. The zero-order valence-electron chi connectivity index (χ0n) is 7.45. The second kappa shape index (κ2) is 3.59. The Kier molecular flexibility index (Phi) is 2.71. The summed E-state index contributed by atoms with van der Waals surface area (Å²) in [6.45, 7) is 7.37. The van der Waals surface area contributed by atoms with E-state index in [1.54, 1.807) is 12.1 Å². The highest BCUT2D eigenvalue weighted by Gasteiger charge is 2.16. The molecule has 2 heteroatoms. The summed E-state index contributed by atoms with van der Waals surface area (Å²) in [6.07, 6.45) is 1.14. The third-order valence-corrected chi connectivity index (χ3v) is 1.92. The van der Waals surface area contributed by atoms with Crippen molar-refractivity contribution in [2.24, 2.45) is 5.92 Å². The fourth-order valence-corrected chi connectivity index (χ4v) is 1.00. The van der Waals surface area contributed by atoms with E-state index >= 15 is 0 Å². The van der Waals surface area contributed by atoms with Gasteiger partial charge in [0.25, 0.3) is 0 Å². The summed E-state index contributed by atoms with van der Waals surface area (Å²) in [4.78, 5) is 0. The van der Waals surface area contributed by atoms with E-state index < -0.39 is 6.10 Å².